The number of carbonyl (C=O) groups is 1. The van der Waals surface area contributed by atoms with E-state index in [4.69, 9.17) is 4.74 Å². The van der Waals surface area contributed by atoms with Crippen molar-refractivity contribution in [2.75, 3.05) is 19.7 Å². The number of carbonyl (C=O) groups excluding carboxylic acids is 1. The molecule has 0 atom stereocenters. The average Bonchev–Trinajstić information content (AvgIpc) is 2.34. The Morgan fingerprint density at radius 1 is 1.25 bits per heavy atom. The molecule has 20 heavy (non-hydrogen) atoms. The van der Waals surface area contributed by atoms with Crippen LogP contribution in [-0.4, -0.2) is 40.9 Å². The maximum atomic E-state index is 11.4. The molecule has 0 saturated carbocycles. The van der Waals surface area contributed by atoms with Gasteiger partial charge in [-0.3, -0.25) is 0 Å². The third kappa shape index (κ3) is 4.33. The Bertz CT molecular complexity index is 421. The second kappa shape index (κ2) is 7.62. The smallest absolute Gasteiger partial charge is 0.409 e. The standard InChI is InChI=1S/C13H17NO4.C2H6/c1-2-18-13(17)14-7-10(8-14)3-9-4-11(15)6-12(16)5-9;1-2/h4-6,10,15-16H,2-3,7-8H2,1H3;1-2H3. The lowest BCUT2D eigenvalue weighted by molar-refractivity contribution is 0.0570. The maximum Gasteiger partial charge on any atom is 0.409 e. The van der Waals surface area contributed by atoms with Crippen LogP contribution in [0.25, 0.3) is 0 Å². The second-order valence-corrected chi connectivity index (χ2v) is 4.53. The highest BCUT2D eigenvalue weighted by Crippen LogP contribution is 2.26. The molecular formula is C15H23NO4. The molecule has 0 aliphatic carbocycles. The topological polar surface area (TPSA) is 70.0 Å². The number of hydrogen-bond donors (Lipinski definition) is 2. The van der Waals surface area contributed by atoms with Gasteiger partial charge in [-0.25, -0.2) is 4.79 Å². The van der Waals surface area contributed by atoms with E-state index >= 15 is 0 Å². The van der Waals surface area contributed by atoms with Crippen LogP contribution in [0, 0.1) is 5.92 Å². The molecule has 5 nitrogen and oxygen atoms in total. The fourth-order valence-corrected chi connectivity index (χ4v) is 2.17. The van der Waals surface area contributed by atoms with Crippen molar-refractivity contribution in [3.63, 3.8) is 0 Å². The van der Waals surface area contributed by atoms with Crippen molar-refractivity contribution >= 4 is 6.09 Å². The van der Waals surface area contributed by atoms with Gasteiger partial charge < -0.3 is 19.8 Å². The summed E-state index contributed by atoms with van der Waals surface area (Å²) in [6.45, 7) is 7.50. The minimum Gasteiger partial charge on any atom is -0.508 e. The minimum atomic E-state index is -0.271. The molecule has 2 rings (SSSR count). The fourth-order valence-electron chi connectivity index (χ4n) is 2.17. The molecule has 1 saturated heterocycles. The van der Waals surface area contributed by atoms with Crippen LogP contribution in [0.5, 0.6) is 11.5 Å². The van der Waals surface area contributed by atoms with Gasteiger partial charge in [0.25, 0.3) is 0 Å². The largest absolute Gasteiger partial charge is 0.508 e. The number of phenolic OH excluding ortho intramolecular Hbond substituents is 2. The highest BCUT2D eigenvalue weighted by molar-refractivity contribution is 5.68. The van der Waals surface area contributed by atoms with Gasteiger partial charge in [0, 0.05) is 19.2 Å². The Hall–Kier alpha value is -1.91. The molecule has 1 aliphatic rings. The number of ether oxygens (including phenoxy) is 1. The third-order valence-electron chi connectivity index (χ3n) is 2.97. The summed E-state index contributed by atoms with van der Waals surface area (Å²) < 4.78 is 4.89. The van der Waals surface area contributed by atoms with Gasteiger partial charge >= 0.3 is 6.09 Å². The lowest BCUT2D eigenvalue weighted by atomic mass is 9.92. The Balaban J connectivity index is 0.000000956. The molecule has 1 amide bonds. The van der Waals surface area contributed by atoms with E-state index in [9.17, 15) is 15.0 Å². The van der Waals surface area contributed by atoms with Crippen LogP contribution >= 0.6 is 0 Å². The highest BCUT2D eigenvalue weighted by Gasteiger charge is 2.31. The number of likely N-dealkylation sites (tertiary alicyclic amines) is 1. The summed E-state index contributed by atoms with van der Waals surface area (Å²) in [6.07, 6.45) is 0.463. The Kier molecular flexibility index (Phi) is 6.15. The molecule has 0 unspecified atom stereocenters. The SMILES string of the molecule is CC.CCOC(=O)N1CC(Cc2cc(O)cc(O)c2)C1. The molecule has 112 valence electrons. The van der Waals surface area contributed by atoms with Crippen LogP contribution < -0.4 is 0 Å². The normalized spacial score (nSPS) is 14.1. The van der Waals surface area contributed by atoms with E-state index < -0.39 is 0 Å². The molecule has 0 radical (unpaired) electrons. The first kappa shape index (κ1) is 16.1. The fraction of sp³-hybridized carbons (Fsp3) is 0.533. The molecule has 0 spiro atoms. The molecule has 1 aliphatic heterocycles. The van der Waals surface area contributed by atoms with Crippen molar-refractivity contribution in [1.29, 1.82) is 0 Å². The van der Waals surface area contributed by atoms with E-state index in [1.54, 1.807) is 24.0 Å². The first-order chi connectivity index (χ1) is 9.58. The molecule has 2 N–H and O–H groups in total. The van der Waals surface area contributed by atoms with Crippen molar-refractivity contribution in [2.24, 2.45) is 5.92 Å². The zero-order valence-electron chi connectivity index (χ0n) is 12.3. The number of aromatic hydroxyl groups is 2. The van der Waals surface area contributed by atoms with Crippen LogP contribution in [0.15, 0.2) is 18.2 Å². The quantitative estimate of drug-likeness (QED) is 0.893. The summed E-state index contributed by atoms with van der Waals surface area (Å²) in [5.41, 5.74) is 0.876. The number of benzene rings is 1. The first-order valence-electron chi connectivity index (χ1n) is 7.02. The van der Waals surface area contributed by atoms with Crippen molar-refractivity contribution in [1.82, 2.24) is 4.90 Å². The molecule has 1 fully saturated rings. The number of amides is 1. The van der Waals surface area contributed by atoms with Gasteiger partial charge in [-0.2, -0.15) is 0 Å². The molecule has 1 aromatic rings. The summed E-state index contributed by atoms with van der Waals surface area (Å²) in [5, 5.41) is 18.7. The molecule has 0 bridgehead atoms. The molecule has 5 heteroatoms. The number of hydrogen-bond acceptors (Lipinski definition) is 4. The Morgan fingerprint density at radius 2 is 1.80 bits per heavy atom. The zero-order valence-corrected chi connectivity index (χ0v) is 12.3. The monoisotopic (exact) mass is 281 g/mol. The molecular weight excluding hydrogens is 258 g/mol. The summed E-state index contributed by atoms with van der Waals surface area (Å²) >= 11 is 0. The van der Waals surface area contributed by atoms with Crippen molar-refractivity contribution in [3.8, 4) is 11.5 Å². The highest BCUT2D eigenvalue weighted by atomic mass is 16.6. The van der Waals surface area contributed by atoms with Gasteiger partial charge in [-0.05, 0) is 37.0 Å². The summed E-state index contributed by atoms with van der Waals surface area (Å²) in [4.78, 5) is 13.0. The van der Waals surface area contributed by atoms with Crippen molar-refractivity contribution in [2.45, 2.75) is 27.2 Å². The minimum absolute atomic E-state index is 0.0616. The van der Waals surface area contributed by atoms with Gasteiger partial charge in [0.2, 0.25) is 0 Å². The lowest BCUT2D eigenvalue weighted by Crippen LogP contribution is -2.50. The van der Waals surface area contributed by atoms with E-state index in [1.165, 1.54) is 6.07 Å². The lowest BCUT2D eigenvalue weighted by Gasteiger charge is -2.38. The summed E-state index contributed by atoms with van der Waals surface area (Å²) in [6, 6.07) is 4.56. The van der Waals surface area contributed by atoms with Gasteiger partial charge in [-0.15, -0.1) is 0 Å². The van der Waals surface area contributed by atoms with Crippen LogP contribution in [-0.2, 0) is 11.2 Å². The number of phenols is 2. The second-order valence-electron chi connectivity index (χ2n) is 4.53. The first-order valence-corrected chi connectivity index (χ1v) is 7.02. The van der Waals surface area contributed by atoms with Crippen LogP contribution in [0.4, 0.5) is 4.79 Å². The Labute approximate surface area is 119 Å². The van der Waals surface area contributed by atoms with Crippen molar-refractivity contribution < 1.29 is 19.7 Å². The number of rotatable bonds is 3. The summed E-state index contributed by atoms with van der Waals surface area (Å²) in [7, 11) is 0. The van der Waals surface area contributed by atoms with Gasteiger partial charge in [0.15, 0.2) is 0 Å². The van der Waals surface area contributed by atoms with E-state index in [-0.39, 0.29) is 17.6 Å². The van der Waals surface area contributed by atoms with E-state index in [1.807, 2.05) is 13.8 Å². The zero-order chi connectivity index (χ0) is 15.1. The van der Waals surface area contributed by atoms with Crippen molar-refractivity contribution in [3.05, 3.63) is 23.8 Å². The number of nitrogens with zero attached hydrogens (tertiary/aromatic N) is 1. The summed E-state index contributed by atoms with van der Waals surface area (Å²) in [5.74, 6) is 0.480. The van der Waals surface area contributed by atoms with Gasteiger partial charge in [-0.1, -0.05) is 13.8 Å². The molecule has 0 aromatic heterocycles. The van der Waals surface area contributed by atoms with E-state index in [0.29, 0.717) is 25.6 Å². The van der Waals surface area contributed by atoms with E-state index in [0.717, 1.165) is 12.0 Å². The van der Waals surface area contributed by atoms with Crippen LogP contribution in [0.2, 0.25) is 0 Å². The van der Waals surface area contributed by atoms with E-state index in [2.05, 4.69) is 0 Å². The average molecular weight is 281 g/mol. The third-order valence-corrected chi connectivity index (χ3v) is 2.97. The van der Waals surface area contributed by atoms with Crippen LogP contribution in [0.1, 0.15) is 26.3 Å². The Morgan fingerprint density at radius 3 is 2.30 bits per heavy atom. The van der Waals surface area contributed by atoms with Gasteiger partial charge in [0.1, 0.15) is 11.5 Å². The predicted octanol–water partition coefficient (Wildman–Crippen LogP) is 2.75. The van der Waals surface area contributed by atoms with Crippen LogP contribution in [0.3, 0.4) is 0 Å². The molecule has 1 aromatic carbocycles. The maximum absolute atomic E-state index is 11.4. The molecule has 1 heterocycles. The van der Waals surface area contributed by atoms with Gasteiger partial charge in [0.05, 0.1) is 6.61 Å². The predicted molar refractivity (Wildman–Crippen MR) is 76.9 cm³/mol.